The van der Waals surface area contributed by atoms with Crippen LogP contribution in [0.15, 0.2) is 12.4 Å². The van der Waals surface area contributed by atoms with Gasteiger partial charge in [-0.25, -0.2) is 0 Å². The molecule has 0 aliphatic rings. The average molecular weight is 141 g/mol. The number of ether oxygens (including phenoxy) is 1. The summed E-state index contributed by atoms with van der Waals surface area (Å²) in [5.41, 5.74) is 4.81. The second-order valence-electron chi connectivity index (χ2n) is 1.69. The highest BCUT2D eigenvalue weighted by atomic mass is 16.5. The van der Waals surface area contributed by atoms with Crippen LogP contribution in [0.3, 0.4) is 0 Å². The van der Waals surface area contributed by atoms with Gasteiger partial charge >= 0.3 is 0 Å². The summed E-state index contributed by atoms with van der Waals surface area (Å²) in [4.78, 5) is 10.2. The van der Waals surface area contributed by atoms with E-state index in [1.165, 1.54) is 12.4 Å². The van der Waals surface area contributed by atoms with E-state index in [-0.39, 0.29) is 6.61 Å². The quantitative estimate of drug-likeness (QED) is 0.582. The van der Waals surface area contributed by atoms with Gasteiger partial charge in [-0.2, -0.15) is 5.10 Å². The van der Waals surface area contributed by atoms with Gasteiger partial charge in [0.1, 0.15) is 0 Å². The Morgan fingerprint density at radius 3 is 3.20 bits per heavy atom. The molecule has 54 valence electrons. The summed E-state index contributed by atoms with van der Waals surface area (Å²) in [6.45, 7) is -0.112. The number of hydrogen-bond acceptors (Lipinski definition) is 3. The first-order valence-electron chi connectivity index (χ1n) is 2.69. The van der Waals surface area contributed by atoms with Gasteiger partial charge in [0.25, 0.3) is 5.91 Å². The van der Waals surface area contributed by atoms with Crippen LogP contribution in [0.25, 0.3) is 0 Å². The van der Waals surface area contributed by atoms with Crippen LogP contribution < -0.4 is 10.5 Å². The van der Waals surface area contributed by atoms with E-state index in [1.807, 2.05) is 0 Å². The lowest BCUT2D eigenvalue weighted by Gasteiger charge is -1.96. The van der Waals surface area contributed by atoms with Crippen molar-refractivity contribution in [2.75, 3.05) is 6.61 Å². The third-order valence-corrected chi connectivity index (χ3v) is 0.854. The number of rotatable bonds is 3. The fourth-order valence-corrected chi connectivity index (χ4v) is 0.472. The van der Waals surface area contributed by atoms with Crippen molar-refractivity contribution < 1.29 is 9.53 Å². The van der Waals surface area contributed by atoms with Crippen molar-refractivity contribution in [1.29, 1.82) is 0 Å². The first kappa shape index (κ1) is 6.60. The zero-order valence-corrected chi connectivity index (χ0v) is 5.20. The summed E-state index contributed by atoms with van der Waals surface area (Å²) in [5.74, 6) is 0.0139. The van der Waals surface area contributed by atoms with Crippen LogP contribution in [0.1, 0.15) is 0 Å². The molecule has 1 aromatic heterocycles. The van der Waals surface area contributed by atoms with E-state index in [0.29, 0.717) is 5.75 Å². The number of carbonyl (C=O) groups excluding carboxylic acids is 1. The van der Waals surface area contributed by atoms with E-state index in [1.54, 1.807) is 0 Å². The summed E-state index contributed by atoms with van der Waals surface area (Å²) in [5, 5.41) is 6.12. The Kier molecular flexibility index (Phi) is 1.89. The molecule has 1 aromatic rings. The van der Waals surface area contributed by atoms with Crippen molar-refractivity contribution in [2.24, 2.45) is 5.73 Å². The van der Waals surface area contributed by atoms with Crippen molar-refractivity contribution in [1.82, 2.24) is 10.2 Å². The Bertz CT molecular complexity index is 207. The lowest BCUT2D eigenvalue weighted by atomic mass is 10.6. The van der Waals surface area contributed by atoms with Crippen LogP contribution in [-0.2, 0) is 4.79 Å². The maximum Gasteiger partial charge on any atom is 0.255 e. The Labute approximate surface area is 57.2 Å². The number of primary amides is 1. The summed E-state index contributed by atoms with van der Waals surface area (Å²) in [7, 11) is 0. The zero-order valence-electron chi connectivity index (χ0n) is 5.20. The van der Waals surface area contributed by atoms with Gasteiger partial charge < -0.3 is 10.5 Å². The minimum absolute atomic E-state index is 0.112. The highest BCUT2D eigenvalue weighted by molar-refractivity contribution is 5.75. The van der Waals surface area contributed by atoms with E-state index < -0.39 is 5.91 Å². The van der Waals surface area contributed by atoms with E-state index in [0.717, 1.165) is 0 Å². The molecule has 0 aromatic carbocycles. The Hall–Kier alpha value is -1.52. The van der Waals surface area contributed by atoms with Crippen LogP contribution in [0.4, 0.5) is 0 Å². The maximum absolute atomic E-state index is 10.2. The van der Waals surface area contributed by atoms with Crippen LogP contribution >= 0.6 is 0 Å². The van der Waals surface area contributed by atoms with E-state index in [4.69, 9.17) is 10.5 Å². The second kappa shape index (κ2) is 2.86. The molecule has 0 fully saturated rings. The standard InChI is InChI=1S/C5H7N3O2/c6-5(9)3-10-4-1-7-8-2-4/h1-2H,3H2,(H2,6,9)(H,7,8). The molecule has 1 rings (SSSR count). The molecule has 0 radical (unpaired) electrons. The summed E-state index contributed by atoms with van der Waals surface area (Å²) in [6.07, 6.45) is 2.99. The minimum atomic E-state index is -0.499. The predicted octanol–water partition coefficient (Wildman–Crippen LogP) is -0.726. The largest absolute Gasteiger partial charge is 0.481 e. The number of aromatic nitrogens is 2. The number of amides is 1. The van der Waals surface area contributed by atoms with E-state index in [2.05, 4.69) is 10.2 Å². The molecule has 5 heteroatoms. The number of nitrogens with zero attached hydrogens (tertiary/aromatic N) is 1. The Morgan fingerprint density at radius 2 is 2.70 bits per heavy atom. The lowest BCUT2D eigenvalue weighted by Crippen LogP contribution is -2.19. The molecule has 0 atom stereocenters. The number of aromatic amines is 1. The van der Waals surface area contributed by atoms with Crippen LogP contribution in [0.2, 0.25) is 0 Å². The molecule has 0 aliphatic carbocycles. The highest BCUT2D eigenvalue weighted by Crippen LogP contribution is 2.03. The highest BCUT2D eigenvalue weighted by Gasteiger charge is 1.95. The number of H-pyrrole nitrogens is 1. The van der Waals surface area contributed by atoms with Crippen LogP contribution in [0, 0.1) is 0 Å². The molecular formula is C5H7N3O2. The van der Waals surface area contributed by atoms with Crippen molar-refractivity contribution in [3.63, 3.8) is 0 Å². The van der Waals surface area contributed by atoms with Gasteiger partial charge in [-0.3, -0.25) is 9.89 Å². The van der Waals surface area contributed by atoms with Gasteiger partial charge in [0.05, 0.1) is 12.4 Å². The molecular weight excluding hydrogens is 134 g/mol. The molecule has 0 aliphatic heterocycles. The molecule has 0 saturated heterocycles. The molecule has 1 heterocycles. The average Bonchev–Trinajstić information content (AvgIpc) is 2.34. The topological polar surface area (TPSA) is 81.0 Å². The number of nitrogens with two attached hydrogens (primary N) is 1. The SMILES string of the molecule is NC(=O)COc1cn[nH]c1. The van der Waals surface area contributed by atoms with Gasteiger partial charge in [0.15, 0.2) is 12.4 Å². The zero-order chi connectivity index (χ0) is 7.40. The second-order valence-corrected chi connectivity index (χ2v) is 1.69. The van der Waals surface area contributed by atoms with E-state index >= 15 is 0 Å². The summed E-state index contributed by atoms with van der Waals surface area (Å²) >= 11 is 0. The van der Waals surface area contributed by atoms with Crippen LogP contribution in [-0.4, -0.2) is 22.7 Å². The molecule has 0 saturated carbocycles. The van der Waals surface area contributed by atoms with Crippen LogP contribution in [0.5, 0.6) is 5.75 Å². The number of nitrogens with one attached hydrogen (secondary N) is 1. The predicted molar refractivity (Wildman–Crippen MR) is 33.3 cm³/mol. The Balaban J connectivity index is 2.35. The maximum atomic E-state index is 10.2. The van der Waals surface area contributed by atoms with Gasteiger partial charge in [-0.15, -0.1) is 0 Å². The molecule has 5 nitrogen and oxygen atoms in total. The van der Waals surface area contributed by atoms with E-state index in [9.17, 15) is 4.79 Å². The van der Waals surface area contributed by atoms with Crippen molar-refractivity contribution in [3.05, 3.63) is 12.4 Å². The molecule has 3 N–H and O–H groups in total. The normalized spacial score (nSPS) is 9.20. The molecule has 0 spiro atoms. The molecule has 0 unspecified atom stereocenters. The first-order chi connectivity index (χ1) is 4.79. The lowest BCUT2D eigenvalue weighted by molar-refractivity contribution is -0.119. The van der Waals surface area contributed by atoms with Gasteiger partial charge in [-0.1, -0.05) is 0 Å². The monoisotopic (exact) mass is 141 g/mol. The minimum Gasteiger partial charge on any atom is -0.481 e. The molecule has 0 bridgehead atoms. The fraction of sp³-hybridized carbons (Fsp3) is 0.200. The van der Waals surface area contributed by atoms with Crippen molar-refractivity contribution in [2.45, 2.75) is 0 Å². The first-order valence-corrected chi connectivity index (χ1v) is 2.69. The number of carbonyl (C=O) groups is 1. The van der Waals surface area contributed by atoms with Gasteiger partial charge in [-0.05, 0) is 0 Å². The third-order valence-electron chi connectivity index (χ3n) is 0.854. The van der Waals surface area contributed by atoms with Gasteiger partial charge in [0, 0.05) is 0 Å². The molecule has 10 heavy (non-hydrogen) atoms. The summed E-state index contributed by atoms with van der Waals surface area (Å²) < 4.78 is 4.84. The van der Waals surface area contributed by atoms with Crippen molar-refractivity contribution in [3.8, 4) is 5.75 Å². The van der Waals surface area contributed by atoms with Crippen molar-refractivity contribution >= 4 is 5.91 Å². The smallest absolute Gasteiger partial charge is 0.255 e. The Morgan fingerprint density at radius 1 is 1.90 bits per heavy atom. The molecule has 1 amide bonds. The third kappa shape index (κ3) is 1.77. The fourth-order valence-electron chi connectivity index (χ4n) is 0.472. The number of hydrogen-bond donors (Lipinski definition) is 2. The summed E-state index contributed by atoms with van der Waals surface area (Å²) in [6, 6.07) is 0. The van der Waals surface area contributed by atoms with Gasteiger partial charge in [0.2, 0.25) is 0 Å².